The summed E-state index contributed by atoms with van der Waals surface area (Å²) in [5, 5.41) is 21.2. The van der Waals surface area contributed by atoms with E-state index >= 15 is 0 Å². The summed E-state index contributed by atoms with van der Waals surface area (Å²) in [7, 11) is 0. The lowest BCUT2D eigenvalue weighted by Crippen LogP contribution is -2.49. The van der Waals surface area contributed by atoms with Gasteiger partial charge in [-0.25, -0.2) is 8.78 Å². The molecule has 0 spiro atoms. The van der Waals surface area contributed by atoms with Crippen LogP contribution in [0.1, 0.15) is 25.5 Å². The van der Waals surface area contributed by atoms with Crippen molar-refractivity contribution < 1.29 is 19.0 Å². The van der Waals surface area contributed by atoms with Gasteiger partial charge in [0.25, 0.3) is 0 Å². The van der Waals surface area contributed by atoms with Gasteiger partial charge in [-0.3, -0.25) is 0 Å². The maximum atomic E-state index is 13.0. The second-order valence-corrected chi connectivity index (χ2v) is 4.45. The van der Waals surface area contributed by atoms with Gasteiger partial charge in [-0.05, 0) is 31.5 Å². The molecular weight excluding hydrogens is 228 g/mol. The molecule has 1 atom stereocenters. The monoisotopic (exact) mass is 245 g/mol. The molecular formula is C12H17F2NO2. The van der Waals surface area contributed by atoms with Crippen molar-refractivity contribution in [2.24, 2.45) is 0 Å². The normalized spacial score (nSPS) is 13.8. The smallest absolute Gasteiger partial charge is 0.126 e. The third kappa shape index (κ3) is 3.73. The van der Waals surface area contributed by atoms with Crippen LogP contribution in [-0.4, -0.2) is 29.0 Å². The SMILES string of the molecule is CC(NC(C)(CO)CO)c1cc(F)cc(F)c1. The summed E-state index contributed by atoms with van der Waals surface area (Å²) in [5.41, 5.74) is -0.460. The third-order valence-electron chi connectivity index (χ3n) is 2.65. The van der Waals surface area contributed by atoms with Crippen molar-refractivity contribution in [3.05, 3.63) is 35.4 Å². The first-order valence-corrected chi connectivity index (χ1v) is 5.35. The second-order valence-electron chi connectivity index (χ2n) is 4.45. The van der Waals surface area contributed by atoms with Crippen LogP contribution in [0.3, 0.4) is 0 Å². The highest BCUT2D eigenvalue weighted by molar-refractivity contribution is 5.21. The Balaban J connectivity index is 2.85. The maximum Gasteiger partial charge on any atom is 0.126 e. The van der Waals surface area contributed by atoms with Gasteiger partial charge >= 0.3 is 0 Å². The summed E-state index contributed by atoms with van der Waals surface area (Å²) >= 11 is 0. The number of benzene rings is 1. The van der Waals surface area contributed by atoms with E-state index in [0.717, 1.165) is 6.07 Å². The van der Waals surface area contributed by atoms with E-state index in [9.17, 15) is 8.78 Å². The van der Waals surface area contributed by atoms with Crippen LogP contribution in [0.2, 0.25) is 0 Å². The van der Waals surface area contributed by atoms with Gasteiger partial charge in [-0.2, -0.15) is 0 Å². The van der Waals surface area contributed by atoms with Gasteiger partial charge in [-0.1, -0.05) is 0 Å². The number of hydrogen-bond acceptors (Lipinski definition) is 3. The largest absolute Gasteiger partial charge is 0.394 e. The maximum absolute atomic E-state index is 13.0. The fourth-order valence-electron chi connectivity index (χ4n) is 1.57. The molecule has 0 bridgehead atoms. The molecule has 1 unspecified atom stereocenters. The molecule has 0 heterocycles. The van der Waals surface area contributed by atoms with Gasteiger partial charge in [0, 0.05) is 12.1 Å². The summed E-state index contributed by atoms with van der Waals surface area (Å²) in [6, 6.07) is 2.85. The van der Waals surface area contributed by atoms with E-state index in [-0.39, 0.29) is 19.3 Å². The zero-order valence-electron chi connectivity index (χ0n) is 9.87. The van der Waals surface area contributed by atoms with Crippen LogP contribution in [0.5, 0.6) is 0 Å². The van der Waals surface area contributed by atoms with Crippen LogP contribution in [0.15, 0.2) is 18.2 Å². The predicted octanol–water partition coefficient (Wildman–Crippen LogP) is 1.36. The summed E-state index contributed by atoms with van der Waals surface area (Å²) in [6.45, 7) is 2.79. The molecule has 3 N–H and O–H groups in total. The second kappa shape index (κ2) is 5.53. The number of nitrogens with one attached hydrogen (secondary N) is 1. The van der Waals surface area contributed by atoms with Crippen LogP contribution in [-0.2, 0) is 0 Å². The van der Waals surface area contributed by atoms with E-state index in [0.29, 0.717) is 5.56 Å². The Bertz CT molecular complexity index is 361. The van der Waals surface area contributed by atoms with Gasteiger partial charge in [0.15, 0.2) is 0 Å². The molecule has 0 saturated carbocycles. The summed E-state index contributed by atoms with van der Waals surface area (Å²) in [4.78, 5) is 0. The van der Waals surface area contributed by atoms with Crippen molar-refractivity contribution in [2.45, 2.75) is 25.4 Å². The molecule has 0 aliphatic rings. The number of hydrogen-bond donors (Lipinski definition) is 3. The highest BCUT2D eigenvalue weighted by Crippen LogP contribution is 2.18. The van der Waals surface area contributed by atoms with Gasteiger partial charge in [0.1, 0.15) is 11.6 Å². The van der Waals surface area contributed by atoms with Crippen LogP contribution in [0.25, 0.3) is 0 Å². The van der Waals surface area contributed by atoms with E-state index in [1.54, 1.807) is 13.8 Å². The van der Waals surface area contributed by atoms with Gasteiger partial charge in [-0.15, -0.1) is 0 Å². The van der Waals surface area contributed by atoms with Crippen molar-refractivity contribution in [1.29, 1.82) is 0 Å². The summed E-state index contributed by atoms with van der Waals surface area (Å²) in [5.74, 6) is -1.30. The van der Waals surface area contributed by atoms with Crippen LogP contribution in [0, 0.1) is 11.6 Å². The Kier molecular flexibility index (Phi) is 4.56. The van der Waals surface area contributed by atoms with Crippen molar-refractivity contribution in [3.63, 3.8) is 0 Å². The first-order valence-electron chi connectivity index (χ1n) is 5.35. The Labute approximate surface area is 99.1 Å². The van der Waals surface area contributed by atoms with Crippen molar-refractivity contribution in [3.8, 4) is 0 Å². The zero-order chi connectivity index (χ0) is 13.1. The lowest BCUT2D eigenvalue weighted by molar-refractivity contribution is 0.0957. The Morgan fingerprint density at radius 1 is 1.18 bits per heavy atom. The molecule has 5 heteroatoms. The summed E-state index contributed by atoms with van der Waals surface area (Å²) in [6.07, 6.45) is 0. The molecule has 1 aromatic rings. The van der Waals surface area contributed by atoms with Crippen LogP contribution >= 0.6 is 0 Å². The van der Waals surface area contributed by atoms with E-state index in [1.165, 1.54) is 12.1 Å². The fraction of sp³-hybridized carbons (Fsp3) is 0.500. The topological polar surface area (TPSA) is 52.5 Å². The van der Waals surface area contributed by atoms with Crippen molar-refractivity contribution in [1.82, 2.24) is 5.32 Å². The molecule has 0 radical (unpaired) electrons. The van der Waals surface area contributed by atoms with E-state index in [1.807, 2.05) is 0 Å². The first-order chi connectivity index (χ1) is 7.90. The minimum atomic E-state index is -0.887. The van der Waals surface area contributed by atoms with Gasteiger partial charge in [0.05, 0.1) is 18.8 Å². The molecule has 0 saturated heterocycles. The fourth-order valence-corrected chi connectivity index (χ4v) is 1.57. The molecule has 0 fully saturated rings. The van der Waals surface area contributed by atoms with Gasteiger partial charge < -0.3 is 15.5 Å². The average Bonchev–Trinajstić information content (AvgIpc) is 2.27. The third-order valence-corrected chi connectivity index (χ3v) is 2.65. The van der Waals surface area contributed by atoms with Crippen LogP contribution < -0.4 is 5.32 Å². The van der Waals surface area contributed by atoms with Crippen LogP contribution in [0.4, 0.5) is 8.78 Å². The quantitative estimate of drug-likeness (QED) is 0.734. The molecule has 1 rings (SSSR count). The standard InChI is InChI=1S/C12H17F2NO2/c1-8(15-12(2,6-16)7-17)9-3-10(13)5-11(14)4-9/h3-5,8,15-17H,6-7H2,1-2H3. The van der Waals surface area contributed by atoms with E-state index in [4.69, 9.17) is 10.2 Å². The van der Waals surface area contributed by atoms with Gasteiger partial charge in [0.2, 0.25) is 0 Å². The number of halogens is 2. The minimum Gasteiger partial charge on any atom is -0.394 e. The molecule has 1 aromatic carbocycles. The Morgan fingerprint density at radius 3 is 2.06 bits per heavy atom. The highest BCUT2D eigenvalue weighted by atomic mass is 19.1. The molecule has 0 amide bonds. The molecule has 3 nitrogen and oxygen atoms in total. The zero-order valence-corrected chi connectivity index (χ0v) is 9.87. The van der Waals surface area contributed by atoms with E-state index < -0.39 is 17.2 Å². The lowest BCUT2D eigenvalue weighted by Gasteiger charge is -2.30. The molecule has 0 aliphatic heterocycles. The lowest BCUT2D eigenvalue weighted by atomic mass is 10.0. The predicted molar refractivity (Wildman–Crippen MR) is 60.5 cm³/mol. The molecule has 17 heavy (non-hydrogen) atoms. The number of rotatable bonds is 5. The average molecular weight is 245 g/mol. The highest BCUT2D eigenvalue weighted by Gasteiger charge is 2.24. The number of aliphatic hydroxyl groups excluding tert-OH is 2. The first kappa shape index (κ1) is 14.0. The Hall–Kier alpha value is -1.04. The molecule has 0 aromatic heterocycles. The number of aliphatic hydroxyl groups is 2. The molecule has 96 valence electrons. The summed E-state index contributed by atoms with van der Waals surface area (Å²) < 4.78 is 26.0. The minimum absolute atomic E-state index is 0.272. The van der Waals surface area contributed by atoms with E-state index in [2.05, 4.69) is 5.32 Å². The Morgan fingerprint density at radius 2 is 1.65 bits per heavy atom. The van der Waals surface area contributed by atoms with Crippen molar-refractivity contribution in [2.75, 3.05) is 13.2 Å². The molecule has 0 aliphatic carbocycles. The van der Waals surface area contributed by atoms with Crippen molar-refractivity contribution >= 4 is 0 Å².